The molecular formula is C50H42F2N2O2. The molecule has 0 amide bonds. The third-order valence-electron chi connectivity index (χ3n) is 10.5. The monoisotopic (exact) mass is 740 g/mol. The topological polar surface area (TPSA) is 24.9 Å². The van der Waals surface area contributed by atoms with E-state index in [9.17, 15) is 0 Å². The number of para-hydroxylation sites is 8. The highest BCUT2D eigenvalue weighted by Crippen LogP contribution is 2.64. The predicted octanol–water partition coefficient (Wildman–Crippen LogP) is 15.0. The maximum atomic E-state index is 16.9. The Hall–Kier alpha value is -6.40. The molecule has 0 fully saturated rings. The second kappa shape index (κ2) is 13.1. The van der Waals surface area contributed by atoms with E-state index in [0.29, 0.717) is 45.3 Å². The molecule has 278 valence electrons. The van der Waals surface area contributed by atoms with Gasteiger partial charge in [-0.15, -0.1) is 0 Å². The molecule has 56 heavy (non-hydrogen) atoms. The lowest BCUT2D eigenvalue weighted by molar-refractivity contribution is 0.476. The number of benzene rings is 7. The number of fused-ring (bicyclic) bond motifs is 4. The maximum absolute atomic E-state index is 16.9. The Bertz CT molecular complexity index is 2410. The van der Waals surface area contributed by atoms with Gasteiger partial charge in [-0.2, -0.15) is 0 Å². The van der Waals surface area contributed by atoms with Gasteiger partial charge in [0.25, 0.3) is 0 Å². The fourth-order valence-electron chi connectivity index (χ4n) is 8.38. The summed E-state index contributed by atoms with van der Waals surface area (Å²) in [6.45, 7) is 12.9. The molecule has 9 rings (SSSR count). The minimum atomic E-state index is -0.661. The van der Waals surface area contributed by atoms with Crippen LogP contribution < -0.4 is 19.3 Å². The largest absolute Gasteiger partial charge is 0.453 e. The van der Waals surface area contributed by atoms with Crippen LogP contribution in [0.3, 0.4) is 0 Å². The SMILES string of the molecule is CC(C)(C)c1c(-c2ccccc2F)c(N2c3ccccc3Oc3ccccc32)c(C(C)(C)C)c(N2c3ccccc3Oc3ccccc32)c1-c1ccccc1F. The van der Waals surface area contributed by atoms with E-state index in [2.05, 4.69) is 51.3 Å². The smallest absolute Gasteiger partial charge is 0.151 e. The van der Waals surface area contributed by atoms with Crippen molar-refractivity contribution in [3.05, 3.63) is 168 Å². The molecule has 0 saturated heterocycles. The molecule has 7 aromatic carbocycles. The Morgan fingerprint density at radius 3 is 0.964 bits per heavy atom. The van der Waals surface area contributed by atoms with Crippen LogP contribution >= 0.6 is 0 Å². The highest BCUT2D eigenvalue weighted by atomic mass is 19.1. The van der Waals surface area contributed by atoms with Crippen LogP contribution in [0.25, 0.3) is 22.3 Å². The zero-order valence-corrected chi connectivity index (χ0v) is 32.3. The minimum Gasteiger partial charge on any atom is -0.453 e. The lowest BCUT2D eigenvalue weighted by Crippen LogP contribution is -2.30. The van der Waals surface area contributed by atoms with E-state index in [1.54, 1.807) is 12.1 Å². The second-order valence-electron chi connectivity index (χ2n) is 16.4. The first-order valence-corrected chi connectivity index (χ1v) is 19.0. The molecule has 0 atom stereocenters. The van der Waals surface area contributed by atoms with Gasteiger partial charge in [0.2, 0.25) is 0 Å². The minimum absolute atomic E-state index is 0.372. The van der Waals surface area contributed by atoms with Crippen LogP contribution in [-0.2, 0) is 10.8 Å². The molecule has 2 aliphatic heterocycles. The lowest BCUT2D eigenvalue weighted by atomic mass is 9.70. The van der Waals surface area contributed by atoms with Gasteiger partial charge in [-0.25, -0.2) is 8.78 Å². The number of ether oxygens (including phenoxy) is 2. The van der Waals surface area contributed by atoms with Crippen LogP contribution in [0.2, 0.25) is 0 Å². The molecule has 0 saturated carbocycles. The van der Waals surface area contributed by atoms with Gasteiger partial charge in [-0.3, -0.25) is 0 Å². The summed E-state index contributed by atoms with van der Waals surface area (Å²) in [7, 11) is 0. The summed E-state index contributed by atoms with van der Waals surface area (Å²) in [4.78, 5) is 4.47. The summed E-state index contributed by atoms with van der Waals surface area (Å²) in [5, 5.41) is 0. The summed E-state index contributed by atoms with van der Waals surface area (Å²) in [6, 6.07) is 45.7. The van der Waals surface area contributed by atoms with Gasteiger partial charge in [0.15, 0.2) is 23.0 Å². The summed E-state index contributed by atoms with van der Waals surface area (Å²) in [5.74, 6) is 1.94. The van der Waals surface area contributed by atoms with Crippen LogP contribution in [-0.4, -0.2) is 0 Å². The van der Waals surface area contributed by atoms with E-state index >= 15 is 8.78 Å². The zero-order valence-electron chi connectivity index (χ0n) is 32.3. The Kier molecular flexibility index (Phi) is 8.28. The standard InChI is InChI=1S/C50H42F2N2O2/c1-49(2,3)45-43(31-19-7-9-21-33(31)51)47(53-35-23-11-15-27-39(35)55-40-28-16-12-24-36(40)53)46(50(4,5)6)48(44(45)32-20-8-10-22-34(32)52)54-37-25-13-17-29-41(37)56-42-30-18-14-26-38(42)54/h7-30H,1-6H3. The van der Waals surface area contributed by atoms with Gasteiger partial charge < -0.3 is 19.3 Å². The van der Waals surface area contributed by atoms with Gasteiger partial charge >= 0.3 is 0 Å². The van der Waals surface area contributed by atoms with Crippen molar-refractivity contribution in [1.82, 2.24) is 0 Å². The quantitative estimate of drug-likeness (QED) is 0.179. The van der Waals surface area contributed by atoms with Gasteiger partial charge in [-0.05, 0) is 77.1 Å². The molecule has 4 nitrogen and oxygen atoms in total. The number of hydrogen-bond donors (Lipinski definition) is 0. The zero-order chi connectivity index (χ0) is 38.9. The molecule has 0 aromatic heterocycles. The summed E-state index contributed by atoms with van der Waals surface area (Å²) in [6.07, 6.45) is 0. The summed E-state index contributed by atoms with van der Waals surface area (Å²) in [5.41, 5.74) is 7.40. The molecule has 0 spiro atoms. The number of halogens is 2. The first-order valence-electron chi connectivity index (χ1n) is 19.0. The van der Waals surface area contributed by atoms with E-state index in [4.69, 9.17) is 9.47 Å². The Morgan fingerprint density at radius 2 is 0.661 bits per heavy atom. The molecule has 0 N–H and O–H groups in total. The van der Waals surface area contributed by atoms with Crippen molar-refractivity contribution in [3.8, 4) is 45.3 Å². The molecule has 0 unspecified atom stereocenters. The number of nitrogens with zero attached hydrogens (tertiary/aromatic N) is 2. The number of rotatable bonds is 4. The van der Waals surface area contributed by atoms with Crippen molar-refractivity contribution in [2.24, 2.45) is 0 Å². The lowest BCUT2D eigenvalue weighted by Gasteiger charge is -2.45. The highest BCUT2D eigenvalue weighted by molar-refractivity contribution is 6.07. The molecule has 7 aromatic rings. The highest BCUT2D eigenvalue weighted by Gasteiger charge is 2.43. The molecule has 0 aliphatic carbocycles. The van der Waals surface area contributed by atoms with E-state index in [1.807, 2.05) is 121 Å². The van der Waals surface area contributed by atoms with Crippen LogP contribution in [0.15, 0.2) is 146 Å². The van der Waals surface area contributed by atoms with Gasteiger partial charge in [0.05, 0.1) is 34.1 Å². The fraction of sp³-hybridized carbons (Fsp3) is 0.160. The number of anilines is 6. The van der Waals surface area contributed by atoms with Gasteiger partial charge in [0.1, 0.15) is 11.6 Å². The average Bonchev–Trinajstić information content (AvgIpc) is 3.18. The van der Waals surface area contributed by atoms with Crippen LogP contribution in [0.1, 0.15) is 52.7 Å². The van der Waals surface area contributed by atoms with E-state index in [-0.39, 0.29) is 11.6 Å². The van der Waals surface area contributed by atoms with Crippen LogP contribution in [0, 0.1) is 11.6 Å². The maximum Gasteiger partial charge on any atom is 0.151 e. The van der Waals surface area contributed by atoms with Crippen molar-refractivity contribution in [2.45, 2.75) is 52.4 Å². The predicted molar refractivity (Wildman–Crippen MR) is 224 cm³/mol. The van der Waals surface area contributed by atoms with Crippen molar-refractivity contribution in [3.63, 3.8) is 0 Å². The van der Waals surface area contributed by atoms with Crippen molar-refractivity contribution < 1.29 is 18.3 Å². The van der Waals surface area contributed by atoms with Crippen molar-refractivity contribution in [2.75, 3.05) is 9.80 Å². The Labute approximate surface area is 327 Å². The molecule has 6 heteroatoms. The first-order chi connectivity index (χ1) is 26.9. The molecule has 2 heterocycles. The number of hydrogen-bond acceptors (Lipinski definition) is 4. The second-order valence-corrected chi connectivity index (χ2v) is 16.4. The van der Waals surface area contributed by atoms with Crippen LogP contribution in [0.5, 0.6) is 23.0 Å². The Morgan fingerprint density at radius 1 is 0.375 bits per heavy atom. The molecule has 0 bridgehead atoms. The van der Waals surface area contributed by atoms with Crippen molar-refractivity contribution in [1.29, 1.82) is 0 Å². The first kappa shape index (κ1) is 35.3. The Balaban J connectivity index is 1.61. The van der Waals surface area contributed by atoms with E-state index < -0.39 is 10.8 Å². The molecular weight excluding hydrogens is 699 g/mol. The summed E-state index contributed by atoms with van der Waals surface area (Å²) < 4.78 is 47.0. The normalized spacial score (nSPS) is 13.2. The van der Waals surface area contributed by atoms with Gasteiger partial charge in [-0.1, -0.05) is 126 Å². The molecule has 0 radical (unpaired) electrons. The fourth-order valence-corrected chi connectivity index (χ4v) is 8.38. The van der Waals surface area contributed by atoms with E-state index in [0.717, 1.165) is 45.3 Å². The molecule has 2 aliphatic rings. The van der Waals surface area contributed by atoms with Gasteiger partial charge in [0, 0.05) is 27.8 Å². The summed E-state index contributed by atoms with van der Waals surface area (Å²) >= 11 is 0. The van der Waals surface area contributed by atoms with Crippen molar-refractivity contribution >= 4 is 34.1 Å². The third-order valence-corrected chi connectivity index (χ3v) is 10.5. The average molecular weight is 741 g/mol. The van der Waals surface area contributed by atoms with Crippen LogP contribution in [0.4, 0.5) is 42.9 Å². The third kappa shape index (κ3) is 5.62. The van der Waals surface area contributed by atoms with E-state index in [1.165, 1.54) is 12.1 Å².